The molecule has 0 aliphatic carbocycles. The van der Waals surface area contributed by atoms with Crippen LogP contribution in [0.25, 0.3) is 0 Å². The average molecular weight is 450 g/mol. The lowest BCUT2D eigenvalue weighted by Gasteiger charge is -2.12. The standard InChI is InChI=1S/C22H21F3N2O3S/c1-14-20(11-21(28)29)15(2)27(26-14)12-16-3-5-17(6-4-16)13-31(30)19-9-7-18(8-10-19)22(23,24)25/h3-10H,11-13H2,1-2H3,(H,28,29). The zero-order valence-corrected chi connectivity index (χ0v) is 17.8. The minimum absolute atomic E-state index is 0.0770. The first-order valence-electron chi connectivity index (χ1n) is 9.42. The van der Waals surface area contributed by atoms with Crippen LogP contribution in [0.5, 0.6) is 0 Å². The van der Waals surface area contributed by atoms with Gasteiger partial charge in [0, 0.05) is 16.8 Å². The normalized spacial score (nSPS) is 12.7. The van der Waals surface area contributed by atoms with E-state index in [4.69, 9.17) is 5.11 Å². The smallest absolute Gasteiger partial charge is 0.416 e. The molecule has 0 radical (unpaired) electrons. The largest absolute Gasteiger partial charge is 0.611 e. The van der Waals surface area contributed by atoms with Crippen molar-refractivity contribution in [3.8, 4) is 0 Å². The molecule has 164 valence electrons. The molecule has 0 saturated heterocycles. The Morgan fingerprint density at radius 3 is 2.19 bits per heavy atom. The van der Waals surface area contributed by atoms with Crippen LogP contribution in [0.15, 0.2) is 53.4 Å². The maximum absolute atomic E-state index is 12.7. The number of carboxylic acid groups (broad SMARTS) is 1. The van der Waals surface area contributed by atoms with Crippen LogP contribution in [0.3, 0.4) is 0 Å². The van der Waals surface area contributed by atoms with Crippen LogP contribution < -0.4 is 0 Å². The summed E-state index contributed by atoms with van der Waals surface area (Å²) >= 11 is -1.46. The monoisotopic (exact) mass is 450 g/mol. The van der Waals surface area contributed by atoms with Crippen LogP contribution in [0.2, 0.25) is 0 Å². The third kappa shape index (κ3) is 5.68. The van der Waals surface area contributed by atoms with E-state index in [2.05, 4.69) is 5.10 Å². The molecule has 0 amide bonds. The summed E-state index contributed by atoms with van der Waals surface area (Å²) in [6.07, 6.45) is -4.50. The van der Waals surface area contributed by atoms with Gasteiger partial charge in [0.2, 0.25) is 0 Å². The van der Waals surface area contributed by atoms with Crippen molar-refractivity contribution in [1.29, 1.82) is 0 Å². The van der Waals surface area contributed by atoms with Gasteiger partial charge < -0.3 is 9.66 Å². The van der Waals surface area contributed by atoms with E-state index in [0.29, 0.717) is 22.7 Å². The molecule has 0 spiro atoms. The Morgan fingerprint density at radius 1 is 1.06 bits per heavy atom. The number of nitrogens with zero attached hydrogens (tertiary/aromatic N) is 2. The molecule has 0 fully saturated rings. The molecule has 31 heavy (non-hydrogen) atoms. The maximum Gasteiger partial charge on any atom is 0.416 e. The van der Waals surface area contributed by atoms with E-state index in [1.54, 1.807) is 11.6 Å². The fourth-order valence-corrected chi connectivity index (χ4v) is 4.34. The summed E-state index contributed by atoms with van der Waals surface area (Å²) in [6.45, 7) is 4.08. The van der Waals surface area contributed by atoms with Crippen molar-refractivity contribution in [2.45, 2.75) is 43.6 Å². The van der Waals surface area contributed by atoms with E-state index in [1.165, 1.54) is 12.1 Å². The predicted molar refractivity (Wildman–Crippen MR) is 110 cm³/mol. The van der Waals surface area contributed by atoms with Gasteiger partial charge >= 0.3 is 12.1 Å². The van der Waals surface area contributed by atoms with Crippen molar-refractivity contribution in [2.75, 3.05) is 0 Å². The zero-order chi connectivity index (χ0) is 22.8. The van der Waals surface area contributed by atoms with E-state index >= 15 is 0 Å². The first-order valence-corrected chi connectivity index (χ1v) is 10.7. The second kappa shape index (κ2) is 9.15. The molecular weight excluding hydrogens is 429 g/mol. The molecule has 1 heterocycles. The van der Waals surface area contributed by atoms with Crippen molar-refractivity contribution in [3.63, 3.8) is 0 Å². The van der Waals surface area contributed by atoms with Crippen LogP contribution in [-0.4, -0.2) is 25.4 Å². The van der Waals surface area contributed by atoms with Crippen molar-refractivity contribution in [3.05, 3.63) is 82.2 Å². The van der Waals surface area contributed by atoms with Gasteiger partial charge in [0.25, 0.3) is 0 Å². The number of aromatic nitrogens is 2. The highest BCUT2D eigenvalue weighted by Crippen LogP contribution is 2.30. The van der Waals surface area contributed by atoms with Gasteiger partial charge in [-0.25, -0.2) is 0 Å². The minimum Gasteiger partial charge on any atom is -0.611 e. The number of rotatable bonds is 7. The Bertz CT molecular complexity index is 1060. The van der Waals surface area contributed by atoms with Crippen LogP contribution >= 0.6 is 0 Å². The second-order valence-electron chi connectivity index (χ2n) is 7.21. The summed E-state index contributed by atoms with van der Waals surface area (Å²) in [4.78, 5) is 11.4. The molecule has 9 heteroatoms. The van der Waals surface area contributed by atoms with Crippen LogP contribution in [0, 0.1) is 13.8 Å². The number of hydrogen-bond acceptors (Lipinski definition) is 3. The molecule has 1 atom stereocenters. The first kappa shape index (κ1) is 22.9. The summed E-state index contributed by atoms with van der Waals surface area (Å²) < 4.78 is 52.2. The summed E-state index contributed by atoms with van der Waals surface area (Å²) in [7, 11) is 0. The molecule has 1 unspecified atom stereocenters. The van der Waals surface area contributed by atoms with Crippen LogP contribution in [0.4, 0.5) is 13.2 Å². The lowest BCUT2D eigenvalue weighted by Crippen LogP contribution is -2.08. The summed E-state index contributed by atoms with van der Waals surface area (Å²) in [6, 6.07) is 11.7. The van der Waals surface area contributed by atoms with Crippen molar-refractivity contribution >= 4 is 17.1 Å². The third-order valence-corrected chi connectivity index (χ3v) is 6.35. The third-order valence-electron chi connectivity index (χ3n) is 4.96. The average Bonchev–Trinajstić information content (AvgIpc) is 2.96. The van der Waals surface area contributed by atoms with Gasteiger partial charge in [0.15, 0.2) is 4.90 Å². The summed E-state index contributed by atoms with van der Waals surface area (Å²) in [5.41, 5.74) is 3.15. The highest BCUT2D eigenvalue weighted by molar-refractivity contribution is 7.90. The van der Waals surface area contributed by atoms with Crippen LogP contribution in [-0.2, 0) is 40.9 Å². The lowest BCUT2D eigenvalue weighted by molar-refractivity contribution is -0.138. The van der Waals surface area contributed by atoms with Crippen molar-refractivity contribution in [1.82, 2.24) is 9.78 Å². The molecule has 2 aromatic carbocycles. The molecule has 3 rings (SSSR count). The summed E-state index contributed by atoms with van der Waals surface area (Å²) in [5, 5.41) is 13.5. The van der Waals surface area contributed by atoms with Crippen molar-refractivity contribution < 1.29 is 27.6 Å². The maximum atomic E-state index is 12.7. The molecule has 0 aliphatic rings. The number of carboxylic acids is 1. The molecule has 0 bridgehead atoms. The Morgan fingerprint density at radius 2 is 1.65 bits per heavy atom. The molecule has 1 aromatic heterocycles. The topological polar surface area (TPSA) is 78.2 Å². The minimum atomic E-state index is -4.42. The summed E-state index contributed by atoms with van der Waals surface area (Å²) in [5.74, 6) is -0.718. The van der Waals surface area contributed by atoms with Gasteiger partial charge in [-0.2, -0.15) is 18.3 Å². The highest BCUT2D eigenvalue weighted by Gasteiger charge is 2.30. The number of aryl methyl sites for hydroxylation is 1. The Balaban J connectivity index is 1.66. The Labute approximate surface area is 180 Å². The van der Waals surface area contributed by atoms with Gasteiger partial charge in [-0.1, -0.05) is 24.3 Å². The number of aliphatic carboxylic acids is 1. The number of alkyl halides is 3. The van der Waals surface area contributed by atoms with Gasteiger partial charge in [-0.3, -0.25) is 9.48 Å². The van der Waals surface area contributed by atoms with Gasteiger partial charge in [-0.05, 0) is 54.9 Å². The first-order chi connectivity index (χ1) is 14.5. The highest BCUT2D eigenvalue weighted by atomic mass is 32.2. The zero-order valence-electron chi connectivity index (χ0n) is 16.9. The number of benzene rings is 2. The molecule has 0 aliphatic heterocycles. The van der Waals surface area contributed by atoms with E-state index in [-0.39, 0.29) is 12.2 Å². The number of hydrogen-bond donors (Lipinski definition) is 1. The van der Waals surface area contributed by atoms with E-state index in [9.17, 15) is 22.5 Å². The van der Waals surface area contributed by atoms with E-state index in [0.717, 1.165) is 29.0 Å². The molecular formula is C22H21F3N2O3S. The number of halogens is 3. The van der Waals surface area contributed by atoms with Gasteiger partial charge in [-0.15, -0.1) is 0 Å². The number of carbonyl (C=O) groups is 1. The molecule has 3 aromatic rings. The molecule has 5 nitrogen and oxygen atoms in total. The Kier molecular flexibility index (Phi) is 6.76. The van der Waals surface area contributed by atoms with Gasteiger partial charge in [0.1, 0.15) is 5.75 Å². The van der Waals surface area contributed by atoms with Crippen molar-refractivity contribution in [2.24, 2.45) is 0 Å². The van der Waals surface area contributed by atoms with E-state index in [1.807, 2.05) is 31.2 Å². The van der Waals surface area contributed by atoms with Crippen LogP contribution in [0.1, 0.15) is 33.6 Å². The molecule has 1 N–H and O–H groups in total. The van der Waals surface area contributed by atoms with E-state index < -0.39 is 28.9 Å². The fraction of sp³-hybridized carbons (Fsp3) is 0.273. The fourth-order valence-electron chi connectivity index (χ4n) is 3.24. The SMILES string of the molecule is Cc1nn(Cc2ccc(C[S+]([O-])c3ccc(C(F)(F)F)cc3)cc2)c(C)c1CC(=O)O. The lowest BCUT2D eigenvalue weighted by atomic mass is 10.1. The molecule has 0 saturated carbocycles. The Hall–Kier alpha value is -2.78. The quantitative estimate of drug-likeness (QED) is 0.538. The van der Waals surface area contributed by atoms with Gasteiger partial charge in [0.05, 0.1) is 24.2 Å². The second-order valence-corrected chi connectivity index (χ2v) is 8.66. The predicted octanol–water partition coefficient (Wildman–Crippen LogP) is 4.50.